The molecule has 2 N–H and O–H groups in total. The summed E-state index contributed by atoms with van der Waals surface area (Å²) in [5.74, 6) is -2.02. The summed E-state index contributed by atoms with van der Waals surface area (Å²) in [6.07, 6.45) is 3.14. The molecule has 0 atom stereocenters. The largest absolute Gasteiger partial charge is 0.329 e. The molecule has 128 valence electrons. The molecule has 2 heterocycles. The van der Waals surface area contributed by atoms with Crippen LogP contribution >= 0.6 is 11.5 Å². The van der Waals surface area contributed by atoms with Crippen molar-refractivity contribution in [3.8, 4) is 0 Å². The van der Waals surface area contributed by atoms with Crippen molar-refractivity contribution in [3.05, 3.63) is 59.2 Å². The molecule has 0 radical (unpaired) electrons. The number of hydrogen-bond donors (Lipinski definition) is 2. The number of aromatic nitrogens is 3. The first-order valence-corrected chi connectivity index (χ1v) is 7.99. The van der Waals surface area contributed by atoms with Gasteiger partial charge in [-0.1, -0.05) is 0 Å². The van der Waals surface area contributed by atoms with Gasteiger partial charge >= 0.3 is 0 Å². The summed E-state index contributed by atoms with van der Waals surface area (Å²) in [5, 5.41) is 6.03. The van der Waals surface area contributed by atoms with Gasteiger partial charge in [-0.25, -0.2) is 13.8 Å². The first-order valence-electron chi connectivity index (χ1n) is 7.22. The van der Waals surface area contributed by atoms with Crippen molar-refractivity contribution in [2.24, 2.45) is 0 Å². The molecule has 0 aliphatic heterocycles. The number of benzene rings is 1. The summed E-state index contributed by atoms with van der Waals surface area (Å²) in [4.78, 5) is 20.8. The average molecular weight is 361 g/mol. The summed E-state index contributed by atoms with van der Waals surface area (Å²) in [7, 11) is 0. The van der Waals surface area contributed by atoms with Crippen LogP contribution in [0.4, 0.5) is 25.3 Å². The van der Waals surface area contributed by atoms with E-state index in [0.29, 0.717) is 22.1 Å². The molecular formula is C16H13F2N5OS. The molecule has 6 nitrogen and oxygen atoms in total. The number of amides is 1. The summed E-state index contributed by atoms with van der Waals surface area (Å²) < 4.78 is 30.5. The maximum Gasteiger partial charge on any atom is 0.260 e. The van der Waals surface area contributed by atoms with Crippen molar-refractivity contribution in [2.75, 3.05) is 10.6 Å². The second kappa shape index (κ2) is 6.89. The van der Waals surface area contributed by atoms with Crippen molar-refractivity contribution < 1.29 is 13.6 Å². The number of aryl methyl sites for hydroxylation is 2. The van der Waals surface area contributed by atoms with Crippen molar-refractivity contribution in [2.45, 2.75) is 13.8 Å². The van der Waals surface area contributed by atoms with Crippen LogP contribution in [0.3, 0.4) is 0 Å². The van der Waals surface area contributed by atoms with Gasteiger partial charge in [0.2, 0.25) is 0 Å². The molecule has 0 spiro atoms. The van der Waals surface area contributed by atoms with E-state index in [2.05, 4.69) is 25.0 Å². The Kier molecular flexibility index (Phi) is 4.66. The normalized spacial score (nSPS) is 10.6. The second-order valence-electron chi connectivity index (χ2n) is 5.23. The Morgan fingerprint density at radius 1 is 1.16 bits per heavy atom. The maximum atomic E-state index is 13.3. The first-order chi connectivity index (χ1) is 11.9. The van der Waals surface area contributed by atoms with Crippen LogP contribution in [0.2, 0.25) is 0 Å². The van der Waals surface area contributed by atoms with E-state index < -0.39 is 17.5 Å². The van der Waals surface area contributed by atoms with Gasteiger partial charge in [-0.3, -0.25) is 9.78 Å². The second-order valence-corrected chi connectivity index (χ2v) is 6.00. The number of carbonyl (C=O) groups excluding carboxylic acids is 1. The molecule has 0 aliphatic rings. The zero-order chi connectivity index (χ0) is 18.0. The molecule has 0 fully saturated rings. The third-order valence-electron chi connectivity index (χ3n) is 3.26. The predicted molar refractivity (Wildman–Crippen MR) is 91.2 cm³/mol. The third kappa shape index (κ3) is 3.77. The Balaban J connectivity index is 1.85. The van der Waals surface area contributed by atoms with E-state index in [4.69, 9.17) is 0 Å². The summed E-state index contributed by atoms with van der Waals surface area (Å²) in [6, 6.07) is 3.15. The summed E-state index contributed by atoms with van der Waals surface area (Å²) in [5.41, 5.74) is 1.68. The van der Waals surface area contributed by atoms with Crippen LogP contribution in [0, 0.1) is 25.5 Å². The molecule has 9 heteroatoms. The van der Waals surface area contributed by atoms with Gasteiger partial charge in [0.05, 0.1) is 23.1 Å². The van der Waals surface area contributed by atoms with Gasteiger partial charge in [-0.05, 0) is 37.5 Å². The minimum absolute atomic E-state index is 0.149. The van der Waals surface area contributed by atoms with Crippen LogP contribution in [-0.4, -0.2) is 20.2 Å². The van der Waals surface area contributed by atoms with Crippen LogP contribution < -0.4 is 10.6 Å². The van der Waals surface area contributed by atoms with Crippen LogP contribution in [0.15, 0.2) is 30.6 Å². The first kappa shape index (κ1) is 16.9. The van der Waals surface area contributed by atoms with Crippen molar-refractivity contribution in [1.29, 1.82) is 0 Å². The molecule has 1 amide bonds. The Morgan fingerprint density at radius 3 is 2.68 bits per heavy atom. The van der Waals surface area contributed by atoms with Gasteiger partial charge in [-0.15, -0.1) is 0 Å². The highest BCUT2D eigenvalue weighted by Crippen LogP contribution is 2.28. The molecular weight excluding hydrogens is 348 g/mol. The molecule has 0 saturated carbocycles. The molecule has 0 bridgehead atoms. The van der Waals surface area contributed by atoms with E-state index in [-0.39, 0.29) is 5.69 Å². The number of halogens is 2. The molecule has 2 aromatic heterocycles. The van der Waals surface area contributed by atoms with Crippen molar-refractivity contribution in [1.82, 2.24) is 14.3 Å². The van der Waals surface area contributed by atoms with E-state index in [1.807, 2.05) is 0 Å². The fraction of sp³-hybridized carbons (Fsp3) is 0.125. The summed E-state index contributed by atoms with van der Waals surface area (Å²) in [6.45, 7) is 3.48. The van der Waals surface area contributed by atoms with Gasteiger partial charge in [-0.2, -0.15) is 4.37 Å². The van der Waals surface area contributed by atoms with E-state index in [1.54, 1.807) is 20.0 Å². The molecule has 1 aromatic carbocycles. The Labute approximate surface area is 146 Å². The molecule has 25 heavy (non-hydrogen) atoms. The molecule has 0 saturated heterocycles. The monoisotopic (exact) mass is 361 g/mol. The lowest BCUT2D eigenvalue weighted by atomic mass is 10.2. The fourth-order valence-corrected chi connectivity index (χ4v) is 2.93. The van der Waals surface area contributed by atoms with Crippen molar-refractivity contribution >= 4 is 33.9 Å². The topological polar surface area (TPSA) is 79.8 Å². The Hall–Kier alpha value is -2.94. The minimum atomic E-state index is -1.04. The van der Waals surface area contributed by atoms with Gasteiger partial charge in [0.25, 0.3) is 5.91 Å². The molecule has 0 unspecified atom stereocenters. The lowest BCUT2D eigenvalue weighted by Gasteiger charge is -2.08. The minimum Gasteiger partial charge on any atom is -0.329 e. The van der Waals surface area contributed by atoms with E-state index in [0.717, 1.165) is 29.4 Å². The van der Waals surface area contributed by atoms with Gasteiger partial charge in [0.15, 0.2) is 11.6 Å². The van der Waals surface area contributed by atoms with Crippen LogP contribution in [0.5, 0.6) is 0 Å². The maximum absolute atomic E-state index is 13.3. The lowest BCUT2D eigenvalue weighted by Crippen LogP contribution is -2.14. The smallest absolute Gasteiger partial charge is 0.260 e. The summed E-state index contributed by atoms with van der Waals surface area (Å²) >= 11 is 1.10. The number of nitrogens with zero attached hydrogens (tertiary/aromatic N) is 3. The van der Waals surface area contributed by atoms with Gasteiger partial charge in [0, 0.05) is 18.0 Å². The number of rotatable bonds is 4. The van der Waals surface area contributed by atoms with Crippen LogP contribution in [-0.2, 0) is 0 Å². The molecule has 0 aliphatic carbocycles. The fourth-order valence-electron chi connectivity index (χ4n) is 2.13. The van der Waals surface area contributed by atoms with E-state index in [9.17, 15) is 13.6 Å². The van der Waals surface area contributed by atoms with Crippen LogP contribution in [0.1, 0.15) is 21.7 Å². The Morgan fingerprint density at radius 2 is 1.96 bits per heavy atom. The highest BCUT2D eigenvalue weighted by atomic mass is 32.1. The van der Waals surface area contributed by atoms with Gasteiger partial charge < -0.3 is 10.6 Å². The zero-order valence-corrected chi connectivity index (χ0v) is 14.1. The number of carbonyl (C=O) groups is 1. The SMILES string of the molecule is Cc1cncc(Nc2snc(C)c2C(=O)Nc2ccc(F)c(F)c2)n1. The van der Waals surface area contributed by atoms with Crippen LogP contribution in [0.25, 0.3) is 0 Å². The highest BCUT2D eigenvalue weighted by molar-refractivity contribution is 7.10. The van der Waals surface area contributed by atoms with Crippen molar-refractivity contribution in [3.63, 3.8) is 0 Å². The number of nitrogens with one attached hydrogen (secondary N) is 2. The quantitative estimate of drug-likeness (QED) is 0.738. The predicted octanol–water partition coefficient (Wildman–Crippen LogP) is 3.82. The molecule has 3 rings (SSSR count). The molecule has 3 aromatic rings. The van der Waals surface area contributed by atoms with E-state index >= 15 is 0 Å². The van der Waals surface area contributed by atoms with Gasteiger partial charge in [0.1, 0.15) is 10.8 Å². The average Bonchev–Trinajstić information content (AvgIpc) is 2.91. The Bertz CT molecular complexity index is 944. The van der Waals surface area contributed by atoms with E-state index in [1.165, 1.54) is 12.3 Å². The number of hydrogen-bond acceptors (Lipinski definition) is 6. The lowest BCUT2D eigenvalue weighted by molar-refractivity contribution is 0.102. The third-order valence-corrected chi connectivity index (χ3v) is 4.12. The number of anilines is 3. The zero-order valence-electron chi connectivity index (χ0n) is 13.3. The standard InChI is InChI=1S/C16H13F2N5OS/c1-8-6-19-7-13(20-8)22-16-14(9(2)23-25-16)15(24)21-10-3-4-11(17)12(18)5-10/h3-7H,1-2H3,(H,20,22)(H,21,24). The highest BCUT2D eigenvalue weighted by Gasteiger charge is 2.19.